The maximum atomic E-state index is 12.8. The molecular formula is C63H108O6. The van der Waals surface area contributed by atoms with E-state index in [1.165, 1.54) is 135 Å². The van der Waals surface area contributed by atoms with Crippen LogP contribution in [0.2, 0.25) is 0 Å². The Labute approximate surface area is 426 Å². The number of hydrogen-bond acceptors (Lipinski definition) is 6. The van der Waals surface area contributed by atoms with Gasteiger partial charge in [-0.1, -0.05) is 234 Å². The number of rotatable bonds is 52. The van der Waals surface area contributed by atoms with Crippen LogP contribution in [0.15, 0.2) is 85.1 Å². The lowest BCUT2D eigenvalue weighted by atomic mass is 10.0. The Morgan fingerprint density at radius 2 is 0.580 bits per heavy atom. The van der Waals surface area contributed by atoms with E-state index >= 15 is 0 Å². The van der Waals surface area contributed by atoms with Gasteiger partial charge >= 0.3 is 17.9 Å². The van der Waals surface area contributed by atoms with E-state index in [-0.39, 0.29) is 31.1 Å². The summed E-state index contributed by atoms with van der Waals surface area (Å²) >= 11 is 0. The second-order valence-electron chi connectivity index (χ2n) is 19.2. The summed E-state index contributed by atoms with van der Waals surface area (Å²) in [6.45, 7) is 6.45. The van der Waals surface area contributed by atoms with Gasteiger partial charge < -0.3 is 14.2 Å². The highest BCUT2D eigenvalue weighted by Gasteiger charge is 2.19. The molecule has 0 saturated heterocycles. The monoisotopic (exact) mass is 961 g/mol. The summed E-state index contributed by atoms with van der Waals surface area (Å²) in [6.07, 6.45) is 74.5. The van der Waals surface area contributed by atoms with E-state index in [1.807, 2.05) is 0 Å². The summed E-state index contributed by atoms with van der Waals surface area (Å²) in [5.41, 5.74) is 0. The molecule has 1 atom stereocenters. The van der Waals surface area contributed by atoms with Gasteiger partial charge in [0.05, 0.1) is 0 Å². The van der Waals surface area contributed by atoms with E-state index in [2.05, 4.69) is 106 Å². The van der Waals surface area contributed by atoms with E-state index in [9.17, 15) is 14.4 Å². The zero-order valence-electron chi connectivity index (χ0n) is 45.3. The molecule has 0 aromatic heterocycles. The predicted octanol–water partition coefficient (Wildman–Crippen LogP) is 19.5. The van der Waals surface area contributed by atoms with Crippen LogP contribution >= 0.6 is 0 Å². The van der Waals surface area contributed by atoms with Crippen LogP contribution in [-0.2, 0) is 28.6 Å². The molecule has 69 heavy (non-hydrogen) atoms. The first-order valence-corrected chi connectivity index (χ1v) is 29.1. The van der Waals surface area contributed by atoms with Crippen molar-refractivity contribution < 1.29 is 28.6 Å². The van der Waals surface area contributed by atoms with E-state index in [0.29, 0.717) is 19.3 Å². The van der Waals surface area contributed by atoms with Gasteiger partial charge in [0.2, 0.25) is 0 Å². The maximum Gasteiger partial charge on any atom is 0.306 e. The largest absolute Gasteiger partial charge is 0.462 e. The number of carbonyl (C=O) groups is 3. The van der Waals surface area contributed by atoms with Crippen molar-refractivity contribution in [3.05, 3.63) is 85.1 Å². The third-order valence-electron chi connectivity index (χ3n) is 12.4. The first-order chi connectivity index (χ1) is 34.0. The second-order valence-corrected chi connectivity index (χ2v) is 19.2. The molecule has 0 N–H and O–H groups in total. The van der Waals surface area contributed by atoms with Crippen molar-refractivity contribution in [2.24, 2.45) is 0 Å². The fourth-order valence-electron chi connectivity index (χ4n) is 7.97. The SMILES string of the molecule is CC/C=C\C/C=C\C/C=C\CCCCCC(=O)OC(COC(=O)CCCCCCC/C=C\CCCC)COC(=O)CCCCCCCCCCCCCC/C=C\C/C=C\C/C=C\CCCCCCC. The van der Waals surface area contributed by atoms with E-state index in [0.717, 1.165) is 103 Å². The predicted molar refractivity (Wildman–Crippen MR) is 297 cm³/mol. The van der Waals surface area contributed by atoms with Crippen LogP contribution in [0.5, 0.6) is 0 Å². The maximum absolute atomic E-state index is 12.8. The summed E-state index contributed by atoms with van der Waals surface area (Å²) in [7, 11) is 0. The molecular weight excluding hydrogens is 853 g/mol. The van der Waals surface area contributed by atoms with Crippen molar-refractivity contribution in [3.8, 4) is 0 Å². The van der Waals surface area contributed by atoms with Crippen molar-refractivity contribution in [1.29, 1.82) is 0 Å². The van der Waals surface area contributed by atoms with Crippen molar-refractivity contribution >= 4 is 17.9 Å². The van der Waals surface area contributed by atoms with Crippen LogP contribution in [0.25, 0.3) is 0 Å². The Balaban J connectivity index is 4.23. The van der Waals surface area contributed by atoms with Gasteiger partial charge in [-0.2, -0.15) is 0 Å². The van der Waals surface area contributed by atoms with Gasteiger partial charge in [0.1, 0.15) is 13.2 Å². The Bertz CT molecular complexity index is 1330. The average Bonchev–Trinajstić information content (AvgIpc) is 3.35. The van der Waals surface area contributed by atoms with Gasteiger partial charge in [0.15, 0.2) is 6.10 Å². The molecule has 0 bridgehead atoms. The molecule has 0 aromatic rings. The van der Waals surface area contributed by atoms with E-state index in [1.54, 1.807) is 0 Å². The Kier molecular flexibility index (Phi) is 54.3. The average molecular weight is 962 g/mol. The highest BCUT2D eigenvalue weighted by Crippen LogP contribution is 2.15. The lowest BCUT2D eigenvalue weighted by Crippen LogP contribution is -2.30. The lowest BCUT2D eigenvalue weighted by Gasteiger charge is -2.18. The number of carbonyl (C=O) groups excluding carboxylic acids is 3. The van der Waals surface area contributed by atoms with Crippen LogP contribution in [0.3, 0.4) is 0 Å². The minimum absolute atomic E-state index is 0.0917. The number of unbranched alkanes of at least 4 members (excludes halogenated alkanes) is 27. The van der Waals surface area contributed by atoms with Crippen molar-refractivity contribution in [2.75, 3.05) is 13.2 Å². The van der Waals surface area contributed by atoms with Crippen molar-refractivity contribution in [1.82, 2.24) is 0 Å². The minimum atomic E-state index is -0.795. The number of hydrogen-bond donors (Lipinski definition) is 0. The number of allylic oxidation sites excluding steroid dienone is 14. The summed E-state index contributed by atoms with van der Waals surface area (Å²) in [5, 5.41) is 0. The molecule has 0 radical (unpaired) electrons. The summed E-state index contributed by atoms with van der Waals surface area (Å²) in [5.74, 6) is -0.930. The lowest BCUT2D eigenvalue weighted by molar-refractivity contribution is -0.167. The molecule has 0 amide bonds. The summed E-state index contributed by atoms with van der Waals surface area (Å²) in [6, 6.07) is 0. The standard InChI is InChI=1S/C63H108O6/c1-4-7-10-13-16-19-22-24-25-26-27-28-29-30-31-32-33-34-35-36-37-39-41-44-47-50-53-56-62(65)68-59-60(58-67-61(64)55-52-49-46-43-40-21-18-15-12-9-6-3)69-63(66)57-54-51-48-45-42-38-23-20-17-14-11-8-5-2/h8,11,15,17-18,20,22,24,26-27,29-30,38,42,60H,4-7,9-10,12-14,16,19,21,23,25,28,31-37,39-41,43-59H2,1-3H3/b11-8-,18-15-,20-17-,24-22-,27-26-,30-29-,42-38-. The third kappa shape index (κ3) is 55.4. The summed E-state index contributed by atoms with van der Waals surface area (Å²) in [4.78, 5) is 38.0. The fourth-order valence-corrected chi connectivity index (χ4v) is 7.97. The highest BCUT2D eigenvalue weighted by molar-refractivity contribution is 5.71. The van der Waals surface area contributed by atoms with Crippen molar-refractivity contribution in [2.45, 2.75) is 284 Å². The van der Waals surface area contributed by atoms with Gasteiger partial charge in [0.25, 0.3) is 0 Å². The zero-order valence-corrected chi connectivity index (χ0v) is 45.3. The van der Waals surface area contributed by atoms with Gasteiger partial charge in [0, 0.05) is 19.3 Å². The fraction of sp³-hybridized carbons (Fsp3) is 0.730. The molecule has 0 rings (SSSR count). The second kappa shape index (κ2) is 57.2. The van der Waals surface area contributed by atoms with Crippen LogP contribution in [-0.4, -0.2) is 37.2 Å². The number of ether oxygens (including phenoxy) is 3. The Hall–Kier alpha value is -3.41. The van der Waals surface area contributed by atoms with Crippen molar-refractivity contribution in [3.63, 3.8) is 0 Å². The molecule has 0 spiro atoms. The number of esters is 3. The molecule has 6 heteroatoms. The third-order valence-corrected chi connectivity index (χ3v) is 12.4. The van der Waals surface area contributed by atoms with Crippen LogP contribution in [0, 0.1) is 0 Å². The molecule has 0 saturated carbocycles. The van der Waals surface area contributed by atoms with Crippen LogP contribution < -0.4 is 0 Å². The molecule has 0 aliphatic rings. The zero-order chi connectivity index (χ0) is 50.0. The minimum Gasteiger partial charge on any atom is -0.462 e. The molecule has 0 heterocycles. The van der Waals surface area contributed by atoms with Crippen LogP contribution in [0.4, 0.5) is 0 Å². The van der Waals surface area contributed by atoms with E-state index < -0.39 is 6.10 Å². The van der Waals surface area contributed by atoms with Gasteiger partial charge in [-0.25, -0.2) is 0 Å². The molecule has 0 aromatic carbocycles. The molecule has 1 unspecified atom stereocenters. The molecule has 396 valence electrons. The smallest absolute Gasteiger partial charge is 0.306 e. The topological polar surface area (TPSA) is 78.9 Å². The quantitative estimate of drug-likeness (QED) is 0.0262. The van der Waals surface area contributed by atoms with Gasteiger partial charge in [-0.05, 0) is 109 Å². The van der Waals surface area contributed by atoms with E-state index in [4.69, 9.17) is 14.2 Å². The first-order valence-electron chi connectivity index (χ1n) is 29.1. The molecule has 6 nitrogen and oxygen atoms in total. The Morgan fingerprint density at radius 3 is 0.957 bits per heavy atom. The normalized spacial score (nSPS) is 12.7. The molecule has 0 aliphatic carbocycles. The molecule has 0 aliphatic heterocycles. The highest BCUT2D eigenvalue weighted by atomic mass is 16.6. The first kappa shape index (κ1) is 65.6. The van der Waals surface area contributed by atoms with Gasteiger partial charge in [-0.15, -0.1) is 0 Å². The Morgan fingerprint density at radius 1 is 0.304 bits per heavy atom. The van der Waals surface area contributed by atoms with Crippen LogP contribution in [0.1, 0.15) is 278 Å². The molecule has 0 fully saturated rings. The van der Waals surface area contributed by atoms with Gasteiger partial charge in [-0.3, -0.25) is 14.4 Å². The summed E-state index contributed by atoms with van der Waals surface area (Å²) < 4.78 is 16.8.